The van der Waals surface area contributed by atoms with Crippen molar-refractivity contribution >= 4 is 24.0 Å². The first-order valence-electron chi connectivity index (χ1n) is 4.54. The molecule has 1 aromatic heterocycles. The molecule has 0 aliphatic rings. The summed E-state index contributed by atoms with van der Waals surface area (Å²) in [7, 11) is 0. The average Bonchev–Trinajstić information content (AvgIpc) is 2.59. The molecule has 1 aromatic rings. The molecule has 13 heavy (non-hydrogen) atoms. The first kappa shape index (κ1) is 10.7. The molecule has 0 aromatic carbocycles. The summed E-state index contributed by atoms with van der Waals surface area (Å²) in [5, 5.41) is 2.12. The van der Waals surface area contributed by atoms with E-state index in [1.165, 1.54) is 23.3 Å². The van der Waals surface area contributed by atoms with Crippen LogP contribution in [0.3, 0.4) is 0 Å². The molecule has 0 saturated heterocycles. The molecule has 0 unspecified atom stereocenters. The van der Waals surface area contributed by atoms with Crippen LogP contribution in [0.4, 0.5) is 0 Å². The van der Waals surface area contributed by atoms with Crippen LogP contribution in [-0.4, -0.2) is 5.75 Å². The molecule has 0 saturated carbocycles. The maximum atomic E-state index is 4.07. The van der Waals surface area contributed by atoms with Crippen LogP contribution in [0.1, 0.15) is 30.2 Å². The first-order chi connectivity index (χ1) is 6.38. The molecule has 0 fully saturated rings. The molecule has 0 spiro atoms. The van der Waals surface area contributed by atoms with E-state index in [2.05, 4.69) is 42.8 Å². The van der Waals surface area contributed by atoms with Crippen molar-refractivity contribution in [1.29, 1.82) is 0 Å². The molecule has 0 amide bonds. The second-order valence-electron chi connectivity index (χ2n) is 2.84. The zero-order valence-electron chi connectivity index (χ0n) is 7.84. The van der Waals surface area contributed by atoms with Crippen molar-refractivity contribution in [2.24, 2.45) is 0 Å². The highest BCUT2D eigenvalue weighted by Crippen LogP contribution is 2.17. The van der Waals surface area contributed by atoms with E-state index in [-0.39, 0.29) is 0 Å². The summed E-state index contributed by atoms with van der Waals surface area (Å²) in [4.78, 5) is 1.22. The Morgan fingerprint density at radius 3 is 3.08 bits per heavy atom. The predicted octanol–water partition coefficient (Wildman–Crippen LogP) is 3.37. The third kappa shape index (κ3) is 3.46. The minimum atomic E-state index is 0.644. The van der Waals surface area contributed by atoms with Crippen molar-refractivity contribution in [3.05, 3.63) is 21.9 Å². The summed E-state index contributed by atoms with van der Waals surface area (Å²) in [6.07, 6.45) is 3.66. The van der Waals surface area contributed by atoms with Crippen LogP contribution in [0, 0.1) is 11.8 Å². The van der Waals surface area contributed by atoms with Crippen LogP contribution in [0.15, 0.2) is 11.4 Å². The average molecular weight is 210 g/mol. The van der Waals surface area contributed by atoms with Gasteiger partial charge in [-0.25, -0.2) is 0 Å². The van der Waals surface area contributed by atoms with E-state index >= 15 is 0 Å². The summed E-state index contributed by atoms with van der Waals surface area (Å²) >= 11 is 5.80. The summed E-state index contributed by atoms with van der Waals surface area (Å²) in [5.74, 6) is 6.78. The summed E-state index contributed by atoms with van der Waals surface area (Å²) in [6.45, 7) is 2.21. The maximum Gasteiger partial charge on any atom is 0.0800 e. The number of thiol groups is 1. The highest BCUT2D eigenvalue weighted by Gasteiger charge is 1.99. The van der Waals surface area contributed by atoms with Gasteiger partial charge in [-0.3, -0.25) is 0 Å². The number of rotatable bonds is 3. The van der Waals surface area contributed by atoms with E-state index in [0.717, 1.165) is 6.42 Å². The van der Waals surface area contributed by atoms with Crippen molar-refractivity contribution in [3.8, 4) is 11.8 Å². The topological polar surface area (TPSA) is 0 Å². The Morgan fingerprint density at radius 2 is 2.38 bits per heavy atom. The van der Waals surface area contributed by atoms with Crippen LogP contribution in [0.5, 0.6) is 0 Å². The lowest BCUT2D eigenvalue weighted by atomic mass is 10.1. The molecule has 0 radical (unpaired) electrons. The Bertz CT molecular complexity index is 301. The van der Waals surface area contributed by atoms with Crippen LogP contribution in [0.2, 0.25) is 0 Å². The molecular weight excluding hydrogens is 196 g/mol. The maximum absolute atomic E-state index is 4.07. The minimum Gasteiger partial charge on any atom is -0.166 e. The number of hydrogen-bond acceptors (Lipinski definition) is 2. The monoisotopic (exact) mass is 210 g/mol. The Balaban J connectivity index is 2.65. The van der Waals surface area contributed by atoms with Gasteiger partial charge in [0.15, 0.2) is 0 Å². The SMILES string of the molecule is CCCCc1ccsc1C#CCS. The quantitative estimate of drug-likeness (QED) is 0.574. The van der Waals surface area contributed by atoms with Gasteiger partial charge in [-0.15, -0.1) is 11.3 Å². The second-order valence-corrected chi connectivity index (χ2v) is 4.07. The van der Waals surface area contributed by atoms with Gasteiger partial charge in [-0.05, 0) is 29.9 Å². The van der Waals surface area contributed by atoms with Crippen LogP contribution in [0.25, 0.3) is 0 Å². The molecule has 0 atom stereocenters. The molecule has 0 bridgehead atoms. The number of thiophene rings is 1. The van der Waals surface area contributed by atoms with E-state index in [0.29, 0.717) is 5.75 Å². The van der Waals surface area contributed by atoms with Gasteiger partial charge in [0.2, 0.25) is 0 Å². The molecule has 0 N–H and O–H groups in total. The van der Waals surface area contributed by atoms with Crippen molar-refractivity contribution in [3.63, 3.8) is 0 Å². The lowest BCUT2D eigenvalue weighted by molar-refractivity contribution is 0.796. The molecule has 1 heterocycles. The zero-order valence-corrected chi connectivity index (χ0v) is 9.55. The van der Waals surface area contributed by atoms with E-state index < -0.39 is 0 Å². The molecular formula is C11H14S2. The number of aryl methyl sites for hydroxylation is 1. The number of unbranched alkanes of at least 4 members (excludes halogenated alkanes) is 1. The Hall–Kier alpha value is -0.390. The Labute approximate surface area is 89.8 Å². The van der Waals surface area contributed by atoms with Gasteiger partial charge in [0.1, 0.15) is 0 Å². The molecule has 70 valence electrons. The molecule has 1 rings (SSSR count). The fourth-order valence-electron chi connectivity index (χ4n) is 1.13. The van der Waals surface area contributed by atoms with Crippen molar-refractivity contribution < 1.29 is 0 Å². The fourth-order valence-corrected chi connectivity index (χ4v) is 2.03. The summed E-state index contributed by atoms with van der Waals surface area (Å²) in [5.41, 5.74) is 1.40. The second kappa shape index (κ2) is 6.12. The van der Waals surface area contributed by atoms with Gasteiger partial charge in [0, 0.05) is 0 Å². The summed E-state index contributed by atoms with van der Waals surface area (Å²) in [6, 6.07) is 2.18. The van der Waals surface area contributed by atoms with Gasteiger partial charge in [-0.1, -0.05) is 25.2 Å². The first-order valence-corrected chi connectivity index (χ1v) is 6.05. The van der Waals surface area contributed by atoms with E-state index in [1.807, 2.05) is 0 Å². The van der Waals surface area contributed by atoms with Crippen molar-refractivity contribution in [2.45, 2.75) is 26.2 Å². The highest BCUT2D eigenvalue weighted by molar-refractivity contribution is 7.80. The number of hydrogen-bond donors (Lipinski definition) is 1. The third-order valence-corrected chi connectivity index (χ3v) is 2.86. The van der Waals surface area contributed by atoms with Gasteiger partial charge in [0.25, 0.3) is 0 Å². The van der Waals surface area contributed by atoms with Crippen LogP contribution < -0.4 is 0 Å². The molecule has 0 nitrogen and oxygen atoms in total. The van der Waals surface area contributed by atoms with Crippen molar-refractivity contribution in [2.75, 3.05) is 5.75 Å². The lowest BCUT2D eigenvalue weighted by Crippen LogP contribution is -1.83. The fraction of sp³-hybridized carbons (Fsp3) is 0.455. The van der Waals surface area contributed by atoms with Crippen LogP contribution in [-0.2, 0) is 6.42 Å². The Kier molecular flexibility index (Phi) is 5.03. The van der Waals surface area contributed by atoms with E-state index in [9.17, 15) is 0 Å². The van der Waals surface area contributed by atoms with Gasteiger partial charge in [0.05, 0.1) is 10.6 Å². The smallest absolute Gasteiger partial charge is 0.0800 e. The normalized spacial score (nSPS) is 9.38. The molecule has 2 heteroatoms. The minimum absolute atomic E-state index is 0.644. The summed E-state index contributed by atoms with van der Waals surface area (Å²) < 4.78 is 0. The predicted molar refractivity (Wildman–Crippen MR) is 63.7 cm³/mol. The molecule has 0 aliphatic heterocycles. The Morgan fingerprint density at radius 1 is 1.54 bits per heavy atom. The van der Waals surface area contributed by atoms with Crippen molar-refractivity contribution in [1.82, 2.24) is 0 Å². The zero-order chi connectivity index (χ0) is 9.52. The highest BCUT2D eigenvalue weighted by atomic mass is 32.1. The van der Waals surface area contributed by atoms with Crippen LogP contribution >= 0.6 is 24.0 Å². The van der Waals surface area contributed by atoms with Gasteiger partial charge in [-0.2, -0.15) is 12.6 Å². The van der Waals surface area contributed by atoms with E-state index in [1.54, 1.807) is 11.3 Å². The van der Waals surface area contributed by atoms with Gasteiger partial charge >= 0.3 is 0 Å². The van der Waals surface area contributed by atoms with E-state index in [4.69, 9.17) is 0 Å². The third-order valence-electron chi connectivity index (χ3n) is 1.83. The van der Waals surface area contributed by atoms with Gasteiger partial charge < -0.3 is 0 Å². The molecule has 0 aliphatic carbocycles. The standard InChI is InChI=1S/C11H14S2/c1-2-3-5-10-7-9-13-11(10)6-4-8-12/h7,9,12H,2-3,5,8H2,1H3. The lowest BCUT2D eigenvalue weighted by Gasteiger charge is -1.95. The largest absolute Gasteiger partial charge is 0.166 e.